The standard InChI is InChI=1S/C16H14N4O2/c17-9-12-2-1-3-13(8-12)16(21)20-7-5-14(10-20)22-15-4-6-18-11-19-15/h1-4,6,8,11,14H,5,7,10H2/t14-/m1/s1. The highest BCUT2D eigenvalue weighted by molar-refractivity contribution is 5.94. The third-order valence-electron chi connectivity index (χ3n) is 3.51. The average Bonchev–Trinajstić information content (AvgIpc) is 3.03. The van der Waals surface area contributed by atoms with E-state index in [9.17, 15) is 4.79 Å². The zero-order valence-corrected chi connectivity index (χ0v) is 11.8. The zero-order chi connectivity index (χ0) is 15.4. The molecule has 6 nitrogen and oxygen atoms in total. The van der Waals surface area contributed by atoms with E-state index in [0.717, 1.165) is 6.42 Å². The van der Waals surface area contributed by atoms with Gasteiger partial charge in [0.25, 0.3) is 5.91 Å². The van der Waals surface area contributed by atoms with Gasteiger partial charge in [0, 0.05) is 30.8 Å². The Morgan fingerprint density at radius 3 is 3.09 bits per heavy atom. The SMILES string of the molecule is N#Cc1cccc(C(=O)N2CC[C@@H](Oc3ccncn3)C2)c1. The molecule has 6 heteroatoms. The van der Waals surface area contributed by atoms with Gasteiger partial charge in [-0.05, 0) is 18.2 Å². The highest BCUT2D eigenvalue weighted by Gasteiger charge is 2.28. The molecule has 0 radical (unpaired) electrons. The highest BCUT2D eigenvalue weighted by Crippen LogP contribution is 2.18. The maximum absolute atomic E-state index is 12.4. The summed E-state index contributed by atoms with van der Waals surface area (Å²) in [6.45, 7) is 1.14. The number of rotatable bonds is 3. The van der Waals surface area contributed by atoms with Crippen LogP contribution in [0.3, 0.4) is 0 Å². The molecule has 1 aliphatic heterocycles. The molecule has 1 atom stereocenters. The number of carbonyl (C=O) groups is 1. The van der Waals surface area contributed by atoms with E-state index in [1.54, 1.807) is 41.4 Å². The summed E-state index contributed by atoms with van der Waals surface area (Å²) in [4.78, 5) is 22.0. The fourth-order valence-electron chi connectivity index (χ4n) is 2.43. The van der Waals surface area contributed by atoms with Crippen molar-refractivity contribution in [2.45, 2.75) is 12.5 Å². The predicted octanol–water partition coefficient (Wildman–Crippen LogP) is 1.64. The van der Waals surface area contributed by atoms with Gasteiger partial charge < -0.3 is 9.64 Å². The van der Waals surface area contributed by atoms with Crippen LogP contribution in [-0.2, 0) is 0 Å². The van der Waals surface area contributed by atoms with Crippen LogP contribution in [0.25, 0.3) is 0 Å². The number of nitrogens with zero attached hydrogens (tertiary/aromatic N) is 4. The van der Waals surface area contributed by atoms with Gasteiger partial charge in [-0.25, -0.2) is 9.97 Å². The van der Waals surface area contributed by atoms with Crippen molar-refractivity contribution in [2.75, 3.05) is 13.1 Å². The molecule has 0 unspecified atom stereocenters. The van der Waals surface area contributed by atoms with Crippen LogP contribution >= 0.6 is 0 Å². The summed E-state index contributed by atoms with van der Waals surface area (Å²) in [7, 11) is 0. The van der Waals surface area contributed by atoms with E-state index in [2.05, 4.69) is 9.97 Å². The van der Waals surface area contributed by atoms with E-state index in [4.69, 9.17) is 10.00 Å². The predicted molar refractivity (Wildman–Crippen MR) is 78.1 cm³/mol. The number of amides is 1. The average molecular weight is 294 g/mol. The Labute approximate surface area is 128 Å². The summed E-state index contributed by atoms with van der Waals surface area (Å²) < 4.78 is 5.74. The Morgan fingerprint density at radius 1 is 1.41 bits per heavy atom. The second-order valence-corrected chi connectivity index (χ2v) is 5.02. The molecule has 2 aromatic rings. The van der Waals surface area contributed by atoms with Crippen LogP contribution in [0.5, 0.6) is 5.88 Å². The highest BCUT2D eigenvalue weighted by atomic mass is 16.5. The largest absolute Gasteiger partial charge is 0.472 e. The Hall–Kier alpha value is -2.94. The Morgan fingerprint density at radius 2 is 2.32 bits per heavy atom. The summed E-state index contributed by atoms with van der Waals surface area (Å²) in [6, 6.07) is 10.5. The smallest absolute Gasteiger partial charge is 0.254 e. The molecule has 1 aromatic heterocycles. The van der Waals surface area contributed by atoms with Gasteiger partial charge in [-0.15, -0.1) is 0 Å². The lowest BCUT2D eigenvalue weighted by atomic mass is 10.1. The van der Waals surface area contributed by atoms with Crippen LogP contribution in [0.1, 0.15) is 22.3 Å². The molecule has 22 heavy (non-hydrogen) atoms. The lowest BCUT2D eigenvalue weighted by molar-refractivity contribution is 0.0771. The zero-order valence-electron chi connectivity index (χ0n) is 11.8. The first-order valence-corrected chi connectivity index (χ1v) is 6.98. The fraction of sp³-hybridized carbons (Fsp3) is 0.250. The van der Waals surface area contributed by atoms with Gasteiger partial charge in [0.2, 0.25) is 5.88 Å². The number of likely N-dealkylation sites (tertiary alicyclic amines) is 1. The molecule has 0 aliphatic carbocycles. The van der Waals surface area contributed by atoms with Crippen molar-refractivity contribution in [1.82, 2.24) is 14.9 Å². The maximum atomic E-state index is 12.4. The minimum Gasteiger partial charge on any atom is -0.472 e. The van der Waals surface area contributed by atoms with Crippen molar-refractivity contribution in [3.8, 4) is 11.9 Å². The number of benzene rings is 1. The molecule has 0 N–H and O–H groups in total. The van der Waals surface area contributed by atoms with E-state index in [1.165, 1.54) is 6.33 Å². The molecular weight excluding hydrogens is 280 g/mol. The van der Waals surface area contributed by atoms with Crippen LogP contribution in [-0.4, -0.2) is 40.0 Å². The first kappa shape index (κ1) is 14.0. The molecule has 1 amide bonds. The van der Waals surface area contributed by atoms with Crippen molar-refractivity contribution in [3.05, 3.63) is 54.0 Å². The molecule has 3 rings (SSSR count). The molecule has 0 spiro atoms. The minimum atomic E-state index is -0.0779. The van der Waals surface area contributed by atoms with E-state index >= 15 is 0 Å². The molecular formula is C16H14N4O2. The van der Waals surface area contributed by atoms with Gasteiger partial charge in [0.05, 0.1) is 18.2 Å². The first-order chi connectivity index (χ1) is 10.8. The summed E-state index contributed by atoms with van der Waals surface area (Å²) in [5.74, 6) is 0.437. The molecule has 1 fully saturated rings. The van der Waals surface area contributed by atoms with E-state index < -0.39 is 0 Å². The van der Waals surface area contributed by atoms with Crippen molar-refractivity contribution in [1.29, 1.82) is 5.26 Å². The molecule has 110 valence electrons. The molecule has 1 saturated heterocycles. The number of carbonyl (C=O) groups excluding carboxylic acids is 1. The number of hydrogen-bond donors (Lipinski definition) is 0. The third kappa shape index (κ3) is 3.04. The fourth-order valence-corrected chi connectivity index (χ4v) is 2.43. The van der Waals surface area contributed by atoms with E-state index in [0.29, 0.717) is 30.1 Å². The summed E-state index contributed by atoms with van der Waals surface area (Å²) >= 11 is 0. The first-order valence-electron chi connectivity index (χ1n) is 6.98. The monoisotopic (exact) mass is 294 g/mol. The lowest BCUT2D eigenvalue weighted by Gasteiger charge is -2.17. The molecule has 1 aliphatic rings. The van der Waals surface area contributed by atoms with E-state index in [-0.39, 0.29) is 12.0 Å². The number of aromatic nitrogens is 2. The molecule has 2 heterocycles. The van der Waals surface area contributed by atoms with Crippen LogP contribution in [0, 0.1) is 11.3 Å². The van der Waals surface area contributed by atoms with Gasteiger partial charge in [-0.2, -0.15) is 5.26 Å². The van der Waals surface area contributed by atoms with Gasteiger partial charge in [-0.1, -0.05) is 6.07 Å². The normalized spacial score (nSPS) is 17.0. The van der Waals surface area contributed by atoms with Crippen LogP contribution in [0.15, 0.2) is 42.9 Å². The summed E-state index contributed by atoms with van der Waals surface area (Å²) in [6.07, 6.45) is 3.74. The molecule has 0 bridgehead atoms. The quantitative estimate of drug-likeness (QED) is 0.860. The van der Waals surface area contributed by atoms with Crippen molar-refractivity contribution in [3.63, 3.8) is 0 Å². The van der Waals surface area contributed by atoms with Crippen LogP contribution in [0.4, 0.5) is 0 Å². The summed E-state index contributed by atoms with van der Waals surface area (Å²) in [5, 5.41) is 8.91. The van der Waals surface area contributed by atoms with Gasteiger partial charge in [-0.3, -0.25) is 4.79 Å². The van der Waals surface area contributed by atoms with Crippen molar-refractivity contribution < 1.29 is 9.53 Å². The van der Waals surface area contributed by atoms with Gasteiger partial charge in [0.15, 0.2) is 0 Å². The molecule has 1 aromatic carbocycles. The Kier molecular flexibility index (Phi) is 3.97. The number of nitriles is 1. The van der Waals surface area contributed by atoms with Crippen LogP contribution in [0.2, 0.25) is 0 Å². The Bertz CT molecular complexity index is 712. The molecule has 0 saturated carbocycles. The van der Waals surface area contributed by atoms with Crippen LogP contribution < -0.4 is 4.74 Å². The van der Waals surface area contributed by atoms with Crippen molar-refractivity contribution >= 4 is 5.91 Å². The van der Waals surface area contributed by atoms with Gasteiger partial charge in [0.1, 0.15) is 12.4 Å². The third-order valence-corrected chi connectivity index (χ3v) is 3.51. The number of hydrogen-bond acceptors (Lipinski definition) is 5. The van der Waals surface area contributed by atoms with Gasteiger partial charge >= 0.3 is 0 Å². The summed E-state index contributed by atoms with van der Waals surface area (Å²) in [5.41, 5.74) is 1.01. The minimum absolute atomic E-state index is 0.0713. The lowest BCUT2D eigenvalue weighted by Crippen LogP contribution is -2.31. The number of ether oxygens (including phenoxy) is 1. The topological polar surface area (TPSA) is 79.1 Å². The maximum Gasteiger partial charge on any atom is 0.254 e. The Balaban J connectivity index is 1.64. The second kappa shape index (κ2) is 6.22. The van der Waals surface area contributed by atoms with Crippen molar-refractivity contribution in [2.24, 2.45) is 0 Å². The second-order valence-electron chi connectivity index (χ2n) is 5.02. The van der Waals surface area contributed by atoms with E-state index in [1.807, 2.05) is 6.07 Å².